The van der Waals surface area contributed by atoms with Crippen molar-refractivity contribution < 1.29 is 14.0 Å². The number of carbonyl (C=O) groups is 2. The van der Waals surface area contributed by atoms with E-state index in [1.54, 1.807) is 12.2 Å². The summed E-state index contributed by atoms with van der Waals surface area (Å²) in [5, 5.41) is 3.45. The number of halogens is 1. The van der Waals surface area contributed by atoms with Crippen molar-refractivity contribution in [3.05, 3.63) is 35.0 Å². The summed E-state index contributed by atoms with van der Waals surface area (Å²) in [6.45, 7) is 0. The van der Waals surface area contributed by atoms with E-state index >= 15 is 0 Å². The highest BCUT2D eigenvalue weighted by Crippen LogP contribution is 2.59. The minimum Gasteiger partial charge on any atom is -0.369 e. The summed E-state index contributed by atoms with van der Waals surface area (Å²) in [5.74, 6) is 1.94. The number of hydrogen-bond donors (Lipinski definition) is 3. The molecule has 182 valence electrons. The molecule has 5 fully saturated rings. The lowest BCUT2D eigenvalue weighted by Gasteiger charge is -2.58. The Labute approximate surface area is 201 Å². The van der Waals surface area contributed by atoms with Gasteiger partial charge in [-0.1, -0.05) is 31.4 Å². The van der Waals surface area contributed by atoms with Crippen molar-refractivity contribution in [3.8, 4) is 0 Å². The zero-order valence-electron chi connectivity index (χ0n) is 19.7. The number of rotatable bonds is 6. The number of aldehydes is 1. The predicted octanol–water partition coefficient (Wildman–Crippen LogP) is 4.71. The first-order valence-electron chi connectivity index (χ1n) is 12.5. The third kappa shape index (κ3) is 5.30. The highest BCUT2D eigenvalue weighted by molar-refractivity contribution is 8.01. The first kappa shape index (κ1) is 24.7. The molecule has 0 spiro atoms. The SMILES string of the molecule is CNC1C2CC3CC1CC(C(N)=O)(C3)C2.O=CC1(NSC2=CC=CCC=C2F)CCCCC1. The van der Waals surface area contributed by atoms with Gasteiger partial charge in [0, 0.05) is 11.5 Å². The van der Waals surface area contributed by atoms with Crippen LogP contribution in [0.25, 0.3) is 0 Å². The first-order valence-corrected chi connectivity index (χ1v) is 13.3. The largest absolute Gasteiger partial charge is 0.369 e. The summed E-state index contributed by atoms with van der Waals surface area (Å²) < 4.78 is 16.9. The molecule has 6 rings (SSSR count). The van der Waals surface area contributed by atoms with Crippen molar-refractivity contribution in [2.24, 2.45) is 28.9 Å². The predicted molar refractivity (Wildman–Crippen MR) is 132 cm³/mol. The Kier molecular flexibility index (Phi) is 7.81. The zero-order chi connectivity index (χ0) is 23.5. The van der Waals surface area contributed by atoms with E-state index in [1.807, 2.05) is 12.2 Å². The van der Waals surface area contributed by atoms with E-state index in [-0.39, 0.29) is 17.1 Å². The van der Waals surface area contributed by atoms with Gasteiger partial charge in [-0.2, -0.15) is 0 Å². The number of carbonyl (C=O) groups excluding carboxylic acids is 2. The number of primary amides is 1. The number of nitrogens with one attached hydrogen (secondary N) is 2. The number of hydrogen-bond acceptors (Lipinski definition) is 5. The molecule has 0 radical (unpaired) electrons. The number of nitrogens with two attached hydrogens (primary N) is 1. The summed E-state index contributed by atoms with van der Waals surface area (Å²) in [5.41, 5.74) is 5.03. The highest BCUT2D eigenvalue weighted by atomic mass is 32.2. The normalized spacial score (nSPS) is 36.2. The molecule has 5 nitrogen and oxygen atoms in total. The van der Waals surface area contributed by atoms with Crippen molar-refractivity contribution in [2.45, 2.75) is 82.2 Å². The standard InChI is InChI=1S/C14H18FNOS.C12H20N2O/c15-12-7-3-1-4-8-13(12)18-16-14(11-17)9-5-2-6-10-14;1-14-10-8-2-7-3-9(10)6-12(4-7,5-8)11(13)15/h1,4,7-8,11,16H,2-3,5-6,9-10H2;7-10,14H,2-6H2,1H3,(H2,13,15). The van der Waals surface area contributed by atoms with E-state index in [9.17, 15) is 14.0 Å². The molecule has 7 heteroatoms. The second kappa shape index (κ2) is 10.4. The van der Waals surface area contributed by atoms with Crippen LogP contribution in [-0.2, 0) is 9.59 Å². The van der Waals surface area contributed by atoms with Crippen LogP contribution in [0.2, 0.25) is 0 Å². The van der Waals surface area contributed by atoms with Crippen LogP contribution in [-0.4, -0.2) is 30.8 Å². The maximum absolute atomic E-state index is 13.7. The Morgan fingerprint density at radius 1 is 1.18 bits per heavy atom. The summed E-state index contributed by atoms with van der Waals surface area (Å²) in [4.78, 5) is 23.5. The topological polar surface area (TPSA) is 84.2 Å². The summed E-state index contributed by atoms with van der Waals surface area (Å²) in [6, 6.07) is 0.647. The third-order valence-corrected chi connectivity index (χ3v) is 9.58. The first-order chi connectivity index (χ1) is 15.9. The Morgan fingerprint density at radius 3 is 2.48 bits per heavy atom. The monoisotopic (exact) mass is 475 g/mol. The van der Waals surface area contributed by atoms with Crippen LogP contribution in [0.15, 0.2) is 35.0 Å². The van der Waals surface area contributed by atoms with Crippen molar-refractivity contribution in [1.29, 1.82) is 0 Å². The molecule has 6 aliphatic carbocycles. The Balaban J connectivity index is 0.000000159. The molecule has 0 aromatic heterocycles. The van der Waals surface area contributed by atoms with Crippen molar-refractivity contribution in [1.82, 2.24) is 10.0 Å². The molecule has 0 aromatic rings. The van der Waals surface area contributed by atoms with E-state index in [1.165, 1.54) is 31.2 Å². The molecule has 1 amide bonds. The van der Waals surface area contributed by atoms with E-state index in [0.717, 1.165) is 57.1 Å². The average Bonchev–Trinajstić information content (AvgIpc) is 3.02. The van der Waals surface area contributed by atoms with Crippen LogP contribution in [0.1, 0.15) is 70.6 Å². The van der Waals surface area contributed by atoms with Gasteiger partial charge in [0.15, 0.2) is 0 Å². The van der Waals surface area contributed by atoms with Crippen LogP contribution in [0, 0.1) is 23.2 Å². The highest BCUT2D eigenvalue weighted by Gasteiger charge is 2.57. The average molecular weight is 476 g/mol. The van der Waals surface area contributed by atoms with Gasteiger partial charge in [0.1, 0.15) is 12.1 Å². The molecular formula is C26H38FN3O2S. The Bertz CT molecular complexity index is 817. The van der Waals surface area contributed by atoms with Gasteiger partial charge in [0.25, 0.3) is 0 Å². The molecule has 2 atom stereocenters. The lowest BCUT2D eigenvalue weighted by Crippen LogP contribution is -2.60. The van der Waals surface area contributed by atoms with Gasteiger partial charge in [-0.05, 0) is 100 Å². The third-order valence-electron chi connectivity index (χ3n) is 8.52. The Morgan fingerprint density at radius 2 is 1.88 bits per heavy atom. The molecule has 2 unspecified atom stereocenters. The molecule has 0 heterocycles. The molecular weight excluding hydrogens is 437 g/mol. The fraction of sp³-hybridized carbons (Fsp3) is 0.692. The second-order valence-electron chi connectivity index (χ2n) is 10.7. The molecule has 33 heavy (non-hydrogen) atoms. The molecule has 0 aliphatic heterocycles. The van der Waals surface area contributed by atoms with Gasteiger partial charge < -0.3 is 15.8 Å². The van der Waals surface area contributed by atoms with Crippen LogP contribution in [0.3, 0.4) is 0 Å². The number of allylic oxidation sites excluding steroid dienone is 5. The number of amides is 1. The van der Waals surface area contributed by atoms with Crippen LogP contribution < -0.4 is 15.8 Å². The fourth-order valence-corrected chi connectivity index (χ4v) is 7.94. The van der Waals surface area contributed by atoms with Gasteiger partial charge in [-0.3, -0.25) is 4.79 Å². The van der Waals surface area contributed by atoms with Crippen molar-refractivity contribution in [2.75, 3.05) is 7.05 Å². The quantitative estimate of drug-likeness (QED) is 0.383. The zero-order valence-corrected chi connectivity index (χ0v) is 20.5. The van der Waals surface area contributed by atoms with Crippen molar-refractivity contribution >= 4 is 24.1 Å². The Hall–Kier alpha value is -1.44. The lowest BCUT2D eigenvalue weighted by atomic mass is 9.47. The van der Waals surface area contributed by atoms with Gasteiger partial charge in [-0.15, -0.1) is 0 Å². The van der Waals surface area contributed by atoms with Crippen LogP contribution in [0.5, 0.6) is 0 Å². The van der Waals surface area contributed by atoms with E-state index in [2.05, 4.69) is 17.1 Å². The molecule has 6 aliphatic rings. The van der Waals surface area contributed by atoms with E-state index in [4.69, 9.17) is 5.73 Å². The van der Waals surface area contributed by atoms with E-state index in [0.29, 0.717) is 29.2 Å². The van der Waals surface area contributed by atoms with Gasteiger partial charge >= 0.3 is 0 Å². The molecule has 4 bridgehead atoms. The van der Waals surface area contributed by atoms with Crippen LogP contribution in [0.4, 0.5) is 4.39 Å². The van der Waals surface area contributed by atoms with Gasteiger partial charge in [0.2, 0.25) is 5.91 Å². The molecule has 4 N–H and O–H groups in total. The molecule has 5 saturated carbocycles. The van der Waals surface area contributed by atoms with Gasteiger partial charge in [-0.25, -0.2) is 9.11 Å². The lowest BCUT2D eigenvalue weighted by molar-refractivity contribution is -0.145. The maximum Gasteiger partial charge on any atom is 0.223 e. The molecule has 0 aromatic carbocycles. The van der Waals surface area contributed by atoms with Gasteiger partial charge in [0.05, 0.1) is 10.4 Å². The smallest absolute Gasteiger partial charge is 0.223 e. The fourth-order valence-electron chi connectivity index (χ4n) is 7.05. The second-order valence-corrected chi connectivity index (χ2v) is 11.6. The molecule has 0 saturated heterocycles. The minimum atomic E-state index is -0.472. The summed E-state index contributed by atoms with van der Waals surface area (Å²) in [7, 11) is 2.06. The summed E-state index contributed by atoms with van der Waals surface area (Å²) in [6.07, 6.45) is 19.5. The maximum atomic E-state index is 13.7. The van der Waals surface area contributed by atoms with Crippen LogP contribution >= 0.6 is 11.9 Å². The van der Waals surface area contributed by atoms with Crippen molar-refractivity contribution in [3.63, 3.8) is 0 Å². The van der Waals surface area contributed by atoms with E-state index < -0.39 is 5.54 Å². The summed E-state index contributed by atoms with van der Waals surface area (Å²) >= 11 is 1.23. The minimum absolute atomic E-state index is 0.0311.